The van der Waals surface area contributed by atoms with E-state index in [4.69, 9.17) is 9.52 Å². The molecule has 3 aromatic rings. The Kier molecular flexibility index (Phi) is 5.24. The molecule has 0 saturated carbocycles. The van der Waals surface area contributed by atoms with Crippen LogP contribution in [0.1, 0.15) is 22.6 Å². The molecular formula is C21H21NO2. The van der Waals surface area contributed by atoms with E-state index in [1.54, 1.807) is 6.08 Å². The van der Waals surface area contributed by atoms with Gasteiger partial charge in [-0.3, -0.25) is 0 Å². The molecule has 122 valence electrons. The number of hydrogen-bond acceptors (Lipinski definition) is 3. The van der Waals surface area contributed by atoms with E-state index in [0.29, 0.717) is 5.89 Å². The van der Waals surface area contributed by atoms with E-state index in [-0.39, 0.29) is 6.61 Å². The van der Waals surface area contributed by atoms with E-state index in [0.717, 1.165) is 35.4 Å². The van der Waals surface area contributed by atoms with Gasteiger partial charge in [-0.05, 0) is 43.0 Å². The summed E-state index contributed by atoms with van der Waals surface area (Å²) in [6.45, 7) is 2.04. The predicted molar refractivity (Wildman–Crippen MR) is 96.6 cm³/mol. The fourth-order valence-electron chi connectivity index (χ4n) is 2.61. The molecule has 0 fully saturated rings. The Morgan fingerprint density at radius 3 is 2.46 bits per heavy atom. The van der Waals surface area contributed by atoms with Crippen molar-refractivity contribution in [2.24, 2.45) is 0 Å². The number of nitrogens with zero attached hydrogens (tertiary/aromatic N) is 1. The first-order chi connectivity index (χ1) is 11.8. The summed E-state index contributed by atoms with van der Waals surface area (Å²) in [5.74, 6) is 1.57. The molecule has 0 aliphatic rings. The van der Waals surface area contributed by atoms with Gasteiger partial charge in [0.1, 0.15) is 5.76 Å². The average molecular weight is 319 g/mol. The van der Waals surface area contributed by atoms with E-state index >= 15 is 0 Å². The lowest BCUT2D eigenvalue weighted by atomic mass is 10.1. The molecule has 1 aromatic heterocycles. The molecule has 3 rings (SSSR count). The average Bonchev–Trinajstić information content (AvgIpc) is 3.01. The standard InChI is InChI=1S/C21H21NO2/c1-16-20(22-21(24-16)19-7-3-2-4-8-19)14-13-18-11-9-17(10-12-18)6-5-15-23/h2-12,23H,13-15H2,1H3/b6-5+. The molecule has 1 N–H and O–H groups in total. The lowest BCUT2D eigenvalue weighted by Crippen LogP contribution is -1.93. The molecule has 0 unspecified atom stereocenters. The summed E-state index contributed by atoms with van der Waals surface area (Å²) in [5.41, 5.74) is 4.38. The van der Waals surface area contributed by atoms with Crippen molar-refractivity contribution in [3.63, 3.8) is 0 Å². The van der Waals surface area contributed by atoms with Crippen LogP contribution >= 0.6 is 0 Å². The topological polar surface area (TPSA) is 46.3 Å². The summed E-state index contributed by atoms with van der Waals surface area (Å²) in [4.78, 5) is 4.65. The summed E-state index contributed by atoms with van der Waals surface area (Å²) >= 11 is 0. The third-order valence-corrected chi connectivity index (χ3v) is 3.96. The number of aliphatic hydroxyl groups excluding tert-OH is 1. The van der Waals surface area contributed by atoms with Crippen LogP contribution in [-0.4, -0.2) is 16.7 Å². The van der Waals surface area contributed by atoms with E-state index in [9.17, 15) is 0 Å². The quantitative estimate of drug-likeness (QED) is 0.730. The molecule has 0 amide bonds. The zero-order valence-electron chi connectivity index (χ0n) is 13.8. The van der Waals surface area contributed by atoms with Crippen molar-refractivity contribution in [3.05, 3.63) is 83.3 Å². The SMILES string of the molecule is Cc1oc(-c2ccccc2)nc1CCc1ccc(/C=C/CO)cc1. The van der Waals surface area contributed by atoms with Gasteiger partial charge < -0.3 is 9.52 Å². The minimum atomic E-state index is 0.0664. The van der Waals surface area contributed by atoms with Gasteiger partial charge >= 0.3 is 0 Å². The van der Waals surface area contributed by atoms with Crippen LogP contribution in [0.4, 0.5) is 0 Å². The van der Waals surface area contributed by atoms with Crippen molar-refractivity contribution in [2.45, 2.75) is 19.8 Å². The first kappa shape index (κ1) is 16.2. The Morgan fingerprint density at radius 1 is 1.00 bits per heavy atom. The van der Waals surface area contributed by atoms with Gasteiger partial charge in [0.15, 0.2) is 0 Å². The molecule has 24 heavy (non-hydrogen) atoms. The van der Waals surface area contributed by atoms with Gasteiger partial charge in [-0.25, -0.2) is 4.98 Å². The maximum atomic E-state index is 8.80. The summed E-state index contributed by atoms with van der Waals surface area (Å²) in [6, 6.07) is 18.3. The van der Waals surface area contributed by atoms with E-state index in [1.165, 1.54) is 5.56 Å². The second kappa shape index (κ2) is 7.75. The smallest absolute Gasteiger partial charge is 0.226 e. The summed E-state index contributed by atoms with van der Waals surface area (Å²) in [5, 5.41) is 8.80. The number of rotatable bonds is 6. The lowest BCUT2D eigenvalue weighted by molar-refractivity contribution is 0.343. The minimum absolute atomic E-state index is 0.0664. The number of oxazole rings is 1. The fraction of sp³-hybridized carbons (Fsp3) is 0.190. The predicted octanol–water partition coefficient (Wildman–Crippen LogP) is 4.44. The van der Waals surface area contributed by atoms with Crippen molar-refractivity contribution in [2.75, 3.05) is 6.61 Å². The van der Waals surface area contributed by atoms with Crippen LogP contribution in [0.25, 0.3) is 17.5 Å². The number of aromatic nitrogens is 1. The Balaban J connectivity index is 1.66. The Bertz CT molecular complexity index is 802. The van der Waals surface area contributed by atoms with Crippen LogP contribution in [0.2, 0.25) is 0 Å². The molecule has 0 saturated heterocycles. The van der Waals surface area contributed by atoms with Crippen molar-refractivity contribution >= 4 is 6.08 Å². The van der Waals surface area contributed by atoms with Gasteiger partial charge in [0.25, 0.3) is 0 Å². The maximum absolute atomic E-state index is 8.80. The van der Waals surface area contributed by atoms with Crippen LogP contribution in [0.3, 0.4) is 0 Å². The molecular weight excluding hydrogens is 298 g/mol. The highest BCUT2D eigenvalue weighted by atomic mass is 16.4. The highest BCUT2D eigenvalue weighted by Crippen LogP contribution is 2.22. The number of hydrogen-bond donors (Lipinski definition) is 1. The van der Waals surface area contributed by atoms with Crippen molar-refractivity contribution in [1.82, 2.24) is 4.98 Å². The Morgan fingerprint density at radius 2 is 1.75 bits per heavy atom. The van der Waals surface area contributed by atoms with E-state index in [2.05, 4.69) is 29.2 Å². The van der Waals surface area contributed by atoms with Crippen LogP contribution in [-0.2, 0) is 12.8 Å². The molecule has 2 aromatic carbocycles. The first-order valence-electron chi connectivity index (χ1n) is 8.14. The summed E-state index contributed by atoms with van der Waals surface area (Å²) in [6.07, 6.45) is 5.43. The third-order valence-electron chi connectivity index (χ3n) is 3.96. The van der Waals surface area contributed by atoms with Gasteiger partial charge in [-0.1, -0.05) is 54.6 Å². The number of aliphatic hydroxyl groups is 1. The van der Waals surface area contributed by atoms with Gasteiger partial charge in [-0.2, -0.15) is 0 Å². The van der Waals surface area contributed by atoms with Crippen LogP contribution < -0.4 is 0 Å². The summed E-state index contributed by atoms with van der Waals surface area (Å²) in [7, 11) is 0. The summed E-state index contributed by atoms with van der Waals surface area (Å²) < 4.78 is 5.81. The normalized spacial score (nSPS) is 11.2. The Hall–Kier alpha value is -2.65. The fourth-order valence-corrected chi connectivity index (χ4v) is 2.61. The second-order valence-corrected chi connectivity index (χ2v) is 5.71. The maximum Gasteiger partial charge on any atom is 0.226 e. The molecule has 3 heteroatoms. The van der Waals surface area contributed by atoms with Crippen molar-refractivity contribution < 1.29 is 9.52 Å². The molecule has 0 atom stereocenters. The highest BCUT2D eigenvalue weighted by Gasteiger charge is 2.11. The number of aryl methyl sites for hydroxylation is 3. The minimum Gasteiger partial charge on any atom is -0.441 e. The van der Waals surface area contributed by atoms with Crippen LogP contribution in [0.15, 0.2) is 65.1 Å². The van der Waals surface area contributed by atoms with Gasteiger partial charge in [0.05, 0.1) is 12.3 Å². The van der Waals surface area contributed by atoms with Crippen molar-refractivity contribution in [3.8, 4) is 11.5 Å². The van der Waals surface area contributed by atoms with Crippen LogP contribution in [0, 0.1) is 6.92 Å². The zero-order valence-corrected chi connectivity index (χ0v) is 13.8. The molecule has 0 aliphatic heterocycles. The molecule has 1 heterocycles. The first-order valence-corrected chi connectivity index (χ1v) is 8.14. The largest absolute Gasteiger partial charge is 0.441 e. The Labute approximate surface area is 142 Å². The van der Waals surface area contributed by atoms with Gasteiger partial charge in [0, 0.05) is 5.56 Å². The molecule has 0 aliphatic carbocycles. The zero-order chi connectivity index (χ0) is 16.8. The van der Waals surface area contributed by atoms with Crippen LogP contribution in [0.5, 0.6) is 0 Å². The second-order valence-electron chi connectivity index (χ2n) is 5.71. The lowest BCUT2D eigenvalue weighted by Gasteiger charge is -2.01. The molecule has 0 radical (unpaired) electrons. The molecule has 3 nitrogen and oxygen atoms in total. The molecule has 0 bridgehead atoms. The monoisotopic (exact) mass is 319 g/mol. The molecule has 0 spiro atoms. The van der Waals surface area contributed by atoms with Gasteiger partial charge in [-0.15, -0.1) is 0 Å². The van der Waals surface area contributed by atoms with E-state index in [1.807, 2.05) is 43.3 Å². The van der Waals surface area contributed by atoms with E-state index < -0.39 is 0 Å². The van der Waals surface area contributed by atoms with Crippen molar-refractivity contribution in [1.29, 1.82) is 0 Å². The number of benzene rings is 2. The third kappa shape index (κ3) is 4.00. The highest BCUT2D eigenvalue weighted by molar-refractivity contribution is 5.53. The van der Waals surface area contributed by atoms with Gasteiger partial charge in [0.2, 0.25) is 5.89 Å².